The van der Waals surface area contributed by atoms with Gasteiger partial charge in [0.05, 0.1) is 12.1 Å². The summed E-state index contributed by atoms with van der Waals surface area (Å²) in [6.45, 7) is 4.73. The molecule has 1 heterocycles. The molecule has 24 heavy (non-hydrogen) atoms. The van der Waals surface area contributed by atoms with Crippen LogP contribution in [0.1, 0.15) is 21.7 Å². The average molecular weight is 336 g/mol. The molecule has 1 amide bonds. The third-order valence-electron chi connectivity index (χ3n) is 3.85. The first-order valence-electron chi connectivity index (χ1n) is 7.94. The summed E-state index contributed by atoms with van der Waals surface area (Å²) in [5, 5.41) is 5.81. The van der Waals surface area contributed by atoms with E-state index in [2.05, 4.69) is 42.3 Å². The number of carbonyl (C=O) groups excluding carboxylic acids is 1. The van der Waals surface area contributed by atoms with Crippen molar-refractivity contribution in [3.8, 4) is 11.3 Å². The number of hydrogen-bond donors (Lipinski definition) is 1. The van der Waals surface area contributed by atoms with Crippen molar-refractivity contribution in [3.05, 3.63) is 75.6 Å². The van der Waals surface area contributed by atoms with Crippen LogP contribution in [0.4, 0.5) is 0 Å². The minimum Gasteiger partial charge on any atom is -0.352 e. The smallest absolute Gasteiger partial charge is 0.227 e. The Bertz CT molecular complexity index is 840. The van der Waals surface area contributed by atoms with E-state index in [0.29, 0.717) is 13.0 Å². The number of aromatic nitrogens is 1. The first-order chi connectivity index (χ1) is 11.6. The number of benzene rings is 2. The maximum atomic E-state index is 12.1. The molecular formula is C20H20N2OS. The van der Waals surface area contributed by atoms with Crippen molar-refractivity contribution < 1.29 is 4.79 Å². The van der Waals surface area contributed by atoms with Gasteiger partial charge < -0.3 is 5.32 Å². The molecule has 0 saturated carbocycles. The van der Waals surface area contributed by atoms with Gasteiger partial charge in [-0.15, -0.1) is 11.3 Å². The van der Waals surface area contributed by atoms with E-state index in [0.717, 1.165) is 21.8 Å². The van der Waals surface area contributed by atoms with Crippen molar-refractivity contribution in [2.45, 2.75) is 26.8 Å². The number of carbonyl (C=O) groups is 1. The normalized spacial score (nSPS) is 10.6. The number of aryl methyl sites for hydroxylation is 2. The Morgan fingerprint density at radius 2 is 1.92 bits per heavy atom. The summed E-state index contributed by atoms with van der Waals surface area (Å²) in [4.78, 5) is 16.7. The van der Waals surface area contributed by atoms with Crippen molar-refractivity contribution >= 4 is 17.2 Å². The highest BCUT2D eigenvalue weighted by molar-refractivity contribution is 7.10. The maximum absolute atomic E-state index is 12.1. The van der Waals surface area contributed by atoms with Gasteiger partial charge >= 0.3 is 0 Å². The van der Waals surface area contributed by atoms with Gasteiger partial charge in [0, 0.05) is 17.5 Å². The Hall–Kier alpha value is -2.46. The lowest BCUT2D eigenvalue weighted by Gasteiger charge is -2.04. The molecule has 0 atom stereocenters. The second-order valence-corrected chi connectivity index (χ2v) is 6.83. The summed E-state index contributed by atoms with van der Waals surface area (Å²) >= 11 is 1.54. The van der Waals surface area contributed by atoms with Crippen LogP contribution >= 0.6 is 11.3 Å². The van der Waals surface area contributed by atoms with E-state index in [-0.39, 0.29) is 5.91 Å². The summed E-state index contributed by atoms with van der Waals surface area (Å²) in [5.41, 5.74) is 5.63. The Balaban J connectivity index is 1.62. The van der Waals surface area contributed by atoms with E-state index in [1.165, 1.54) is 22.5 Å². The van der Waals surface area contributed by atoms with Crippen LogP contribution in [-0.4, -0.2) is 10.9 Å². The van der Waals surface area contributed by atoms with Gasteiger partial charge in [-0.05, 0) is 25.0 Å². The largest absolute Gasteiger partial charge is 0.352 e. The first kappa shape index (κ1) is 16.4. The second kappa shape index (κ2) is 7.41. The topological polar surface area (TPSA) is 42.0 Å². The summed E-state index contributed by atoms with van der Waals surface area (Å²) in [6, 6.07) is 16.3. The minimum absolute atomic E-state index is 0.000353. The van der Waals surface area contributed by atoms with E-state index >= 15 is 0 Å². The van der Waals surface area contributed by atoms with Crippen LogP contribution in [0, 0.1) is 13.8 Å². The number of hydrogen-bond acceptors (Lipinski definition) is 3. The SMILES string of the molecule is Cc1ccc(-c2csc(CC(=O)NCc3ccccc3)n2)c(C)c1. The number of nitrogens with one attached hydrogen (secondary N) is 1. The van der Waals surface area contributed by atoms with Gasteiger partial charge in [-0.25, -0.2) is 4.98 Å². The molecule has 0 fully saturated rings. The Kier molecular flexibility index (Phi) is 5.06. The zero-order valence-electron chi connectivity index (χ0n) is 13.9. The van der Waals surface area contributed by atoms with Crippen LogP contribution in [0.15, 0.2) is 53.9 Å². The van der Waals surface area contributed by atoms with E-state index in [9.17, 15) is 4.79 Å². The van der Waals surface area contributed by atoms with Crippen LogP contribution < -0.4 is 5.32 Å². The monoisotopic (exact) mass is 336 g/mol. The number of rotatable bonds is 5. The van der Waals surface area contributed by atoms with Crippen molar-refractivity contribution in [2.75, 3.05) is 0 Å². The van der Waals surface area contributed by atoms with Crippen LogP contribution in [-0.2, 0) is 17.8 Å². The highest BCUT2D eigenvalue weighted by Crippen LogP contribution is 2.26. The van der Waals surface area contributed by atoms with Crippen LogP contribution in [0.2, 0.25) is 0 Å². The minimum atomic E-state index is 0.000353. The Morgan fingerprint density at radius 1 is 1.12 bits per heavy atom. The van der Waals surface area contributed by atoms with Gasteiger partial charge in [0.2, 0.25) is 5.91 Å². The molecule has 0 spiro atoms. The standard InChI is InChI=1S/C20H20N2OS/c1-14-8-9-17(15(2)10-14)18-13-24-20(22-18)11-19(23)21-12-16-6-4-3-5-7-16/h3-10,13H,11-12H2,1-2H3,(H,21,23). The lowest BCUT2D eigenvalue weighted by Crippen LogP contribution is -2.24. The molecule has 0 aliphatic heterocycles. The first-order valence-corrected chi connectivity index (χ1v) is 8.82. The zero-order chi connectivity index (χ0) is 16.9. The fourth-order valence-electron chi connectivity index (χ4n) is 2.61. The summed E-state index contributed by atoms with van der Waals surface area (Å²) in [7, 11) is 0. The Labute approximate surface area is 146 Å². The van der Waals surface area contributed by atoms with E-state index in [1.54, 1.807) is 0 Å². The summed E-state index contributed by atoms with van der Waals surface area (Å²) in [6.07, 6.45) is 0.322. The zero-order valence-corrected chi connectivity index (χ0v) is 14.7. The van der Waals surface area contributed by atoms with Gasteiger partial charge in [0.1, 0.15) is 5.01 Å². The molecule has 0 aliphatic carbocycles. The lowest BCUT2D eigenvalue weighted by atomic mass is 10.0. The predicted octanol–water partition coefficient (Wildman–Crippen LogP) is 4.29. The summed E-state index contributed by atoms with van der Waals surface area (Å²) < 4.78 is 0. The van der Waals surface area contributed by atoms with Crippen molar-refractivity contribution in [2.24, 2.45) is 0 Å². The molecule has 1 aromatic heterocycles. The average Bonchev–Trinajstić information content (AvgIpc) is 3.02. The number of amides is 1. The molecule has 2 aromatic carbocycles. The predicted molar refractivity (Wildman–Crippen MR) is 99.0 cm³/mol. The van der Waals surface area contributed by atoms with Gasteiger partial charge in [0.15, 0.2) is 0 Å². The molecule has 122 valence electrons. The van der Waals surface area contributed by atoms with Crippen molar-refractivity contribution in [1.29, 1.82) is 0 Å². The molecule has 1 N–H and O–H groups in total. The van der Waals surface area contributed by atoms with Crippen LogP contribution in [0.5, 0.6) is 0 Å². The van der Waals surface area contributed by atoms with Gasteiger partial charge in [-0.3, -0.25) is 4.79 Å². The highest BCUT2D eigenvalue weighted by atomic mass is 32.1. The molecule has 0 bridgehead atoms. The Morgan fingerprint density at radius 3 is 2.67 bits per heavy atom. The third-order valence-corrected chi connectivity index (χ3v) is 4.70. The van der Waals surface area contributed by atoms with Crippen LogP contribution in [0.3, 0.4) is 0 Å². The fraction of sp³-hybridized carbons (Fsp3) is 0.200. The molecular weight excluding hydrogens is 316 g/mol. The maximum Gasteiger partial charge on any atom is 0.227 e. The lowest BCUT2D eigenvalue weighted by molar-refractivity contribution is -0.120. The number of nitrogens with zero attached hydrogens (tertiary/aromatic N) is 1. The second-order valence-electron chi connectivity index (χ2n) is 5.88. The van der Waals surface area contributed by atoms with Crippen molar-refractivity contribution in [3.63, 3.8) is 0 Å². The molecule has 3 aromatic rings. The molecule has 3 rings (SSSR count). The van der Waals surface area contributed by atoms with E-state index < -0.39 is 0 Å². The van der Waals surface area contributed by atoms with Crippen LogP contribution in [0.25, 0.3) is 11.3 Å². The quantitative estimate of drug-likeness (QED) is 0.755. The molecule has 3 nitrogen and oxygen atoms in total. The molecule has 4 heteroatoms. The van der Waals surface area contributed by atoms with Gasteiger partial charge in [0.25, 0.3) is 0 Å². The summed E-state index contributed by atoms with van der Waals surface area (Å²) in [5.74, 6) is 0.000353. The van der Waals surface area contributed by atoms with E-state index in [4.69, 9.17) is 0 Å². The van der Waals surface area contributed by atoms with Crippen molar-refractivity contribution in [1.82, 2.24) is 10.3 Å². The van der Waals surface area contributed by atoms with E-state index in [1.807, 2.05) is 35.7 Å². The molecule has 0 radical (unpaired) electrons. The fourth-order valence-corrected chi connectivity index (χ4v) is 3.41. The third kappa shape index (κ3) is 4.09. The molecule has 0 unspecified atom stereocenters. The van der Waals surface area contributed by atoms with Gasteiger partial charge in [-0.1, -0.05) is 54.1 Å². The number of thiazole rings is 1. The molecule has 0 aliphatic rings. The van der Waals surface area contributed by atoms with Gasteiger partial charge in [-0.2, -0.15) is 0 Å². The molecule has 0 saturated heterocycles. The highest BCUT2D eigenvalue weighted by Gasteiger charge is 2.10.